The van der Waals surface area contributed by atoms with Crippen molar-refractivity contribution in [2.45, 2.75) is 59.9 Å². The summed E-state index contributed by atoms with van der Waals surface area (Å²) < 4.78 is 7.16. The molecular formula is C20H35N5O2. The molecule has 7 nitrogen and oxygen atoms in total. The Morgan fingerprint density at radius 1 is 1.22 bits per heavy atom. The molecule has 1 aromatic rings. The molecular weight excluding hydrogens is 342 g/mol. The fourth-order valence-electron chi connectivity index (χ4n) is 3.74. The van der Waals surface area contributed by atoms with Crippen LogP contribution < -0.4 is 5.32 Å². The number of guanidine groups is 1. The molecule has 1 fully saturated rings. The zero-order chi connectivity index (χ0) is 19.8. The Labute approximate surface area is 163 Å². The second kappa shape index (κ2) is 10.3. The minimum absolute atomic E-state index is 0.0146. The maximum absolute atomic E-state index is 12.0. The second-order valence-corrected chi connectivity index (χ2v) is 6.89. The van der Waals surface area contributed by atoms with Crippen LogP contribution in [0.5, 0.6) is 0 Å². The van der Waals surface area contributed by atoms with Crippen molar-refractivity contribution in [1.82, 2.24) is 20.0 Å². The lowest BCUT2D eigenvalue weighted by Gasteiger charge is -2.33. The van der Waals surface area contributed by atoms with Crippen LogP contribution >= 0.6 is 0 Å². The van der Waals surface area contributed by atoms with Gasteiger partial charge in [-0.3, -0.25) is 9.48 Å². The summed E-state index contributed by atoms with van der Waals surface area (Å²) in [7, 11) is 2.01. The van der Waals surface area contributed by atoms with Crippen molar-refractivity contribution >= 4 is 11.9 Å². The summed E-state index contributed by atoms with van der Waals surface area (Å²) in [6.45, 7) is 11.8. The number of hydrogen-bond acceptors (Lipinski definition) is 4. The number of esters is 1. The Kier molecular flexibility index (Phi) is 8.13. The fraction of sp³-hybridized carbons (Fsp3) is 0.750. The zero-order valence-corrected chi connectivity index (χ0v) is 17.5. The zero-order valence-electron chi connectivity index (χ0n) is 17.5. The molecule has 1 N–H and O–H groups in total. The van der Waals surface area contributed by atoms with Gasteiger partial charge in [0.15, 0.2) is 5.96 Å². The molecule has 0 atom stereocenters. The lowest BCUT2D eigenvalue weighted by molar-refractivity contribution is -0.149. The van der Waals surface area contributed by atoms with Gasteiger partial charge in [-0.15, -0.1) is 0 Å². The van der Waals surface area contributed by atoms with E-state index in [1.807, 2.05) is 18.7 Å². The van der Waals surface area contributed by atoms with E-state index >= 15 is 0 Å². The van der Waals surface area contributed by atoms with Crippen LogP contribution in [0.1, 0.15) is 57.5 Å². The number of carbonyl (C=O) groups is 1. The van der Waals surface area contributed by atoms with Crippen molar-refractivity contribution in [3.63, 3.8) is 0 Å². The van der Waals surface area contributed by atoms with Crippen LogP contribution in [0.2, 0.25) is 0 Å². The molecule has 2 heterocycles. The summed E-state index contributed by atoms with van der Waals surface area (Å²) in [5.74, 6) is 0.878. The molecule has 0 aliphatic carbocycles. The molecule has 0 radical (unpaired) electrons. The van der Waals surface area contributed by atoms with Crippen molar-refractivity contribution < 1.29 is 9.53 Å². The molecule has 152 valence electrons. The number of aromatic nitrogens is 2. The lowest BCUT2D eigenvalue weighted by atomic mass is 9.97. The van der Waals surface area contributed by atoms with Gasteiger partial charge in [-0.05, 0) is 39.5 Å². The number of aliphatic imine (C=N–C) groups is 1. The molecule has 0 bridgehead atoms. The summed E-state index contributed by atoms with van der Waals surface area (Å²) in [5, 5.41) is 8.05. The summed E-state index contributed by atoms with van der Waals surface area (Å²) in [5.41, 5.74) is 3.64. The van der Waals surface area contributed by atoms with Crippen molar-refractivity contribution in [2.24, 2.45) is 18.0 Å². The quantitative estimate of drug-likeness (QED) is 0.448. The largest absolute Gasteiger partial charge is 0.466 e. The lowest BCUT2D eigenvalue weighted by Crippen LogP contribution is -2.46. The van der Waals surface area contributed by atoms with Gasteiger partial charge in [0.25, 0.3) is 0 Å². The third kappa shape index (κ3) is 5.23. The Balaban J connectivity index is 2.09. The summed E-state index contributed by atoms with van der Waals surface area (Å²) >= 11 is 0. The van der Waals surface area contributed by atoms with E-state index < -0.39 is 0 Å². The SMILES string of the molecule is CCNC(=NCc1c(CC)nn(C)c1CC)N1CCC(C(=O)OCC)CC1. The fourth-order valence-corrected chi connectivity index (χ4v) is 3.74. The van der Waals surface area contributed by atoms with Gasteiger partial charge < -0.3 is 15.0 Å². The molecule has 0 aromatic carbocycles. The number of likely N-dealkylation sites (tertiary alicyclic amines) is 1. The first-order valence-electron chi connectivity index (χ1n) is 10.3. The Morgan fingerprint density at radius 2 is 1.93 bits per heavy atom. The summed E-state index contributed by atoms with van der Waals surface area (Å²) in [6, 6.07) is 0. The van der Waals surface area contributed by atoms with E-state index in [4.69, 9.17) is 9.73 Å². The number of piperidine rings is 1. The maximum Gasteiger partial charge on any atom is 0.309 e. The van der Waals surface area contributed by atoms with E-state index in [2.05, 4.69) is 36.1 Å². The van der Waals surface area contributed by atoms with Crippen molar-refractivity contribution in [3.05, 3.63) is 17.0 Å². The second-order valence-electron chi connectivity index (χ2n) is 6.89. The molecule has 1 saturated heterocycles. The normalized spacial score (nSPS) is 15.9. The standard InChI is InChI=1S/C20H35N5O2/c1-6-17-16(18(7-2)24(5)23-17)14-22-20(21-8-3)25-12-10-15(11-13-25)19(26)27-9-4/h15H,6-14H2,1-5H3,(H,21,22). The first-order chi connectivity index (χ1) is 13.0. The highest BCUT2D eigenvalue weighted by Crippen LogP contribution is 2.20. The van der Waals surface area contributed by atoms with Crippen molar-refractivity contribution in [3.8, 4) is 0 Å². The van der Waals surface area contributed by atoms with Gasteiger partial charge >= 0.3 is 5.97 Å². The maximum atomic E-state index is 12.0. The molecule has 7 heteroatoms. The van der Waals surface area contributed by atoms with Gasteiger partial charge in [0, 0.05) is 37.9 Å². The third-order valence-electron chi connectivity index (χ3n) is 5.16. The Hall–Kier alpha value is -2.05. The average molecular weight is 378 g/mol. The molecule has 0 unspecified atom stereocenters. The van der Waals surface area contributed by atoms with Gasteiger partial charge in [0.2, 0.25) is 0 Å². The van der Waals surface area contributed by atoms with Crippen LogP contribution in [-0.2, 0) is 36.0 Å². The van der Waals surface area contributed by atoms with E-state index in [9.17, 15) is 4.79 Å². The highest BCUT2D eigenvalue weighted by Gasteiger charge is 2.27. The number of rotatable bonds is 7. The minimum Gasteiger partial charge on any atom is -0.466 e. The van der Waals surface area contributed by atoms with Gasteiger partial charge in [-0.2, -0.15) is 5.10 Å². The number of carbonyl (C=O) groups excluding carboxylic acids is 1. The predicted octanol–water partition coefficient (Wildman–Crippen LogP) is 2.29. The van der Waals surface area contributed by atoms with E-state index in [0.717, 1.165) is 57.0 Å². The molecule has 0 amide bonds. The van der Waals surface area contributed by atoms with Gasteiger partial charge in [0.1, 0.15) is 0 Å². The Bertz CT molecular complexity index is 645. The van der Waals surface area contributed by atoms with Crippen LogP contribution in [0.4, 0.5) is 0 Å². The number of nitrogens with one attached hydrogen (secondary N) is 1. The van der Waals surface area contributed by atoms with Gasteiger partial charge in [-0.1, -0.05) is 13.8 Å². The van der Waals surface area contributed by atoms with Crippen LogP contribution in [0.15, 0.2) is 4.99 Å². The van der Waals surface area contributed by atoms with Crippen molar-refractivity contribution in [2.75, 3.05) is 26.2 Å². The topological polar surface area (TPSA) is 71.8 Å². The Morgan fingerprint density at radius 3 is 2.48 bits per heavy atom. The number of aryl methyl sites for hydroxylation is 2. The first-order valence-corrected chi connectivity index (χ1v) is 10.3. The number of ether oxygens (including phenoxy) is 1. The van der Waals surface area contributed by atoms with E-state index in [-0.39, 0.29) is 11.9 Å². The minimum atomic E-state index is -0.0605. The van der Waals surface area contributed by atoms with E-state index in [1.54, 1.807) is 0 Å². The summed E-state index contributed by atoms with van der Waals surface area (Å²) in [4.78, 5) is 19.1. The first kappa shape index (κ1) is 21.3. The van der Waals surface area contributed by atoms with E-state index in [1.165, 1.54) is 11.3 Å². The number of nitrogens with zero attached hydrogens (tertiary/aromatic N) is 4. The molecule has 0 saturated carbocycles. The molecule has 2 rings (SSSR count). The molecule has 1 aliphatic heterocycles. The average Bonchev–Trinajstić information content (AvgIpc) is 3.00. The smallest absolute Gasteiger partial charge is 0.309 e. The highest BCUT2D eigenvalue weighted by molar-refractivity contribution is 5.80. The van der Waals surface area contributed by atoms with Crippen LogP contribution in [0, 0.1) is 5.92 Å². The monoisotopic (exact) mass is 377 g/mol. The number of hydrogen-bond donors (Lipinski definition) is 1. The van der Waals surface area contributed by atoms with Crippen LogP contribution in [0.3, 0.4) is 0 Å². The highest BCUT2D eigenvalue weighted by atomic mass is 16.5. The molecule has 0 spiro atoms. The molecule has 1 aromatic heterocycles. The van der Waals surface area contributed by atoms with Crippen LogP contribution in [0.25, 0.3) is 0 Å². The van der Waals surface area contributed by atoms with Gasteiger partial charge in [0.05, 0.1) is 24.8 Å². The third-order valence-corrected chi connectivity index (χ3v) is 5.16. The van der Waals surface area contributed by atoms with Gasteiger partial charge in [-0.25, -0.2) is 4.99 Å². The van der Waals surface area contributed by atoms with E-state index in [0.29, 0.717) is 13.2 Å². The summed E-state index contributed by atoms with van der Waals surface area (Å²) in [6.07, 6.45) is 3.50. The van der Waals surface area contributed by atoms with Crippen molar-refractivity contribution in [1.29, 1.82) is 0 Å². The van der Waals surface area contributed by atoms with Crippen LogP contribution in [-0.4, -0.2) is 52.9 Å². The predicted molar refractivity (Wildman–Crippen MR) is 108 cm³/mol. The molecule has 27 heavy (non-hydrogen) atoms. The molecule has 1 aliphatic rings.